The van der Waals surface area contributed by atoms with Crippen molar-refractivity contribution in [3.05, 3.63) is 52.5 Å². The lowest BCUT2D eigenvalue weighted by Gasteiger charge is -2.24. The van der Waals surface area contributed by atoms with Crippen LogP contribution in [0.1, 0.15) is 17.5 Å². The van der Waals surface area contributed by atoms with Gasteiger partial charge in [0.1, 0.15) is 0 Å². The molecule has 0 saturated heterocycles. The minimum absolute atomic E-state index is 0.0331. The molecule has 6 nitrogen and oxygen atoms in total. The lowest BCUT2D eigenvalue weighted by Crippen LogP contribution is -2.32. The van der Waals surface area contributed by atoms with E-state index in [2.05, 4.69) is 10.6 Å². The smallest absolute Gasteiger partial charge is 0.416 e. The van der Waals surface area contributed by atoms with E-state index in [1.165, 1.54) is 6.07 Å². The van der Waals surface area contributed by atoms with Gasteiger partial charge in [-0.3, -0.25) is 14.4 Å². The number of rotatable bonds is 5. The summed E-state index contributed by atoms with van der Waals surface area (Å²) in [5, 5.41) is 4.53. The molecule has 0 radical (unpaired) electrons. The van der Waals surface area contributed by atoms with Gasteiger partial charge in [0.2, 0.25) is 5.91 Å². The van der Waals surface area contributed by atoms with E-state index in [4.69, 9.17) is 16.3 Å². The van der Waals surface area contributed by atoms with E-state index in [1.807, 2.05) is 0 Å². The van der Waals surface area contributed by atoms with Gasteiger partial charge in [0.25, 0.3) is 5.91 Å². The fourth-order valence-electron chi connectivity index (χ4n) is 2.75. The van der Waals surface area contributed by atoms with Crippen LogP contribution in [0.15, 0.2) is 41.3 Å². The van der Waals surface area contributed by atoms with Crippen molar-refractivity contribution >= 4 is 52.5 Å². The summed E-state index contributed by atoms with van der Waals surface area (Å²) in [7, 11) is 0. The summed E-state index contributed by atoms with van der Waals surface area (Å²) in [6.07, 6.45) is -4.88. The van der Waals surface area contributed by atoms with Crippen LogP contribution in [0.4, 0.5) is 24.5 Å². The maximum absolute atomic E-state index is 12.8. The molecule has 1 aliphatic rings. The Hall–Kier alpha value is -2.72. The number of benzene rings is 2. The molecule has 2 amide bonds. The summed E-state index contributed by atoms with van der Waals surface area (Å²) in [5.74, 6) is -1.99. The molecule has 0 fully saturated rings. The molecular formula is C20H16ClF3N2O4S. The second-order valence-corrected chi connectivity index (χ2v) is 8.28. The summed E-state index contributed by atoms with van der Waals surface area (Å²) in [6.45, 7) is 1.16. The number of carbonyl (C=O) groups excluding carboxylic acids is 3. The summed E-state index contributed by atoms with van der Waals surface area (Å²) >= 11 is 6.94. The molecule has 0 spiro atoms. The van der Waals surface area contributed by atoms with Crippen molar-refractivity contribution < 1.29 is 32.3 Å². The van der Waals surface area contributed by atoms with Crippen molar-refractivity contribution in [3.8, 4) is 0 Å². The maximum Gasteiger partial charge on any atom is 0.416 e. The highest BCUT2D eigenvalue weighted by atomic mass is 35.5. The zero-order valence-corrected chi connectivity index (χ0v) is 17.6. The van der Waals surface area contributed by atoms with Crippen molar-refractivity contribution in [2.45, 2.75) is 29.7 Å². The van der Waals surface area contributed by atoms with Crippen LogP contribution >= 0.6 is 23.4 Å². The fraction of sp³-hybridized carbons (Fsp3) is 0.250. The summed E-state index contributed by atoms with van der Waals surface area (Å²) in [5.41, 5.74) is 0.286. The lowest BCUT2D eigenvalue weighted by atomic mass is 10.1. The van der Waals surface area contributed by atoms with E-state index in [0.29, 0.717) is 21.2 Å². The van der Waals surface area contributed by atoms with Crippen LogP contribution in [-0.2, 0) is 25.3 Å². The lowest BCUT2D eigenvalue weighted by molar-refractivity contribution is -0.147. The van der Waals surface area contributed by atoms with Crippen LogP contribution in [0.25, 0.3) is 0 Å². The quantitative estimate of drug-likeness (QED) is 0.619. The van der Waals surface area contributed by atoms with Gasteiger partial charge in [0.15, 0.2) is 6.61 Å². The monoisotopic (exact) mass is 472 g/mol. The number of amides is 2. The zero-order chi connectivity index (χ0) is 22.8. The van der Waals surface area contributed by atoms with Gasteiger partial charge >= 0.3 is 12.1 Å². The van der Waals surface area contributed by atoms with E-state index in [0.717, 1.165) is 23.9 Å². The van der Waals surface area contributed by atoms with Crippen molar-refractivity contribution in [1.82, 2.24) is 0 Å². The first-order valence-corrected chi connectivity index (χ1v) is 10.2. The molecule has 2 aromatic rings. The van der Waals surface area contributed by atoms with Crippen molar-refractivity contribution in [2.75, 3.05) is 17.2 Å². The highest BCUT2D eigenvalue weighted by Crippen LogP contribution is 2.40. The topological polar surface area (TPSA) is 84.5 Å². The SMILES string of the molecule is Cc1c(Cl)cccc1NC(=O)COC(=O)CC1Sc2ccc(C(F)(F)F)cc2NC1=O. The number of esters is 1. The van der Waals surface area contributed by atoms with Gasteiger partial charge in [-0.05, 0) is 42.8 Å². The average Bonchev–Trinajstić information content (AvgIpc) is 2.69. The molecule has 0 saturated carbocycles. The molecule has 0 aromatic heterocycles. The summed E-state index contributed by atoms with van der Waals surface area (Å²) in [4.78, 5) is 36.7. The van der Waals surface area contributed by atoms with E-state index in [1.54, 1.807) is 25.1 Å². The van der Waals surface area contributed by atoms with Crippen molar-refractivity contribution in [3.63, 3.8) is 0 Å². The fourth-order valence-corrected chi connectivity index (χ4v) is 4.00. The molecule has 1 heterocycles. The first-order valence-electron chi connectivity index (χ1n) is 8.94. The predicted molar refractivity (Wildman–Crippen MR) is 110 cm³/mol. The second kappa shape index (κ2) is 9.19. The van der Waals surface area contributed by atoms with Crippen LogP contribution in [0.5, 0.6) is 0 Å². The Balaban J connectivity index is 1.54. The Morgan fingerprint density at radius 1 is 1.26 bits per heavy atom. The average molecular weight is 473 g/mol. The van der Waals surface area contributed by atoms with Gasteiger partial charge in [0, 0.05) is 15.6 Å². The molecule has 164 valence electrons. The van der Waals surface area contributed by atoms with Crippen LogP contribution < -0.4 is 10.6 Å². The van der Waals surface area contributed by atoms with Crippen molar-refractivity contribution in [2.24, 2.45) is 0 Å². The number of carbonyl (C=O) groups is 3. The number of fused-ring (bicyclic) bond motifs is 1. The van der Waals surface area contributed by atoms with Crippen LogP contribution in [0.3, 0.4) is 0 Å². The third kappa shape index (κ3) is 5.71. The first-order chi connectivity index (χ1) is 14.5. The molecule has 0 bridgehead atoms. The number of hydrogen-bond donors (Lipinski definition) is 2. The Morgan fingerprint density at radius 2 is 2.00 bits per heavy atom. The number of thioether (sulfide) groups is 1. The molecule has 2 N–H and O–H groups in total. The number of halogens is 4. The number of hydrogen-bond acceptors (Lipinski definition) is 5. The highest BCUT2D eigenvalue weighted by molar-refractivity contribution is 8.01. The summed E-state index contributed by atoms with van der Waals surface area (Å²) in [6, 6.07) is 7.96. The van der Waals surface area contributed by atoms with Crippen LogP contribution in [0, 0.1) is 6.92 Å². The minimum Gasteiger partial charge on any atom is -0.456 e. The Bertz CT molecular complexity index is 1050. The number of ether oxygens (including phenoxy) is 1. The van der Waals surface area contributed by atoms with Gasteiger partial charge in [-0.15, -0.1) is 11.8 Å². The van der Waals surface area contributed by atoms with E-state index >= 15 is 0 Å². The third-order valence-electron chi connectivity index (χ3n) is 4.38. The molecule has 1 unspecified atom stereocenters. The normalized spacial score (nSPS) is 15.6. The van der Waals surface area contributed by atoms with E-state index in [-0.39, 0.29) is 12.1 Å². The molecule has 11 heteroatoms. The maximum atomic E-state index is 12.8. The summed E-state index contributed by atoms with van der Waals surface area (Å²) < 4.78 is 43.4. The second-order valence-electron chi connectivity index (χ2n) is 6.63. The molecule has 2 aromatic carbocycles. The Morgan fingerprint density at radius 3 is 2.71 bits per heavy atom. The molecule has 0 aliphatic carbocycles. The largest absolute Gasteiger partial charge is 0.456 e. The van der Waals surface area contributed by atoms with E-state index < -0.39 is 41.4 Å². The number of alkyl halides is 3. The predicted octanol–water partition coefficient (Wildman–Crippen LogP) is 4.65. The third-order valence-corrected chi connectivity index (χ3v) is 6.07. The molecule has 31 heavy (non-hydrogen) atoms. The van der Waals surface area contributed by atoms with Gasteiger partial charge < -0.3 is 15.4 Å². The standard InChI is InChI=1S/C20H16ClF3N2O4S/c1-10-12(21)3-2-4-13(10)25-17(27)9-30-18(28)8-16-19(29)26-14-7-11(20(22,23)24)5-6-15(14)31-16/h2-7,16H,8-9H2,1H3,(H,25,27)(H,26,29). The van der Waals surface area contributed by atoms with Crippen LogP contribution in [-0.4, -0.2) is 29.6 Å². The minimum atomic E-state index is -4.53. The number of anilines is 2. The van der Waals surface area contributed by atoms with Gasteiger partial charge in [-0.25, -0.2) is 0 Å². The Kier molecular flexibility index (Phi) is 6.80. The number of nitrogens with one attached hydrogen (secondary N) is 2. The zero-order valence-electron chi connectivity index (χ0n) is 16.0. The van der Waals surface area contributed by atoms with Crippen molar-refractivity contribution in [1.29, 1.82) is 0 Å². The van der Waals surface area contributed by atoms with Gasteiger partial charge in [-0.1, -0.05) is 17.7 Å². The van der Waals surface area contributed by atoms with Gasteiger partial charge in [0.05, 0.1) is 22.9 Å². The van der Waals surface area contributed by atoms with E-state index in [9.17, 15) is 27.6 Å². The molecule has 1 aliphatic heterocycles. The first kappa shape index (κ1) is 23.0. The Labute approximate surface area is 184 Å². The molecule has 3 rings (SSSR count). The highest BCUT2D eigenvalue weighted by Gasteiger charge is 2.34. The van der Waals surface area contributed by atoms with Crippen LogP contribution in [0.2, 0.25) is 5.02 Å². The van der Waals surface area contributed by atoms with Gasteiger partial charge in [-0.2, -0.15) is 13.2 Å². The molecular weight excluding hydrogens is 457 g/mol. The molecule has 1 atom stereocenters.